The Kier molecular flexibility index (Phi) is 3.62. The first-order valence-electron chi connectivity index (χ1n) is 10.4. The quantitative estimate of drug-likeness (QED) is 0.540. The van der Waals surface area contributed by atoms with Gasteiger partial charge in [-0.05, 0) is 49.9 Å². The van der Waals surface area contributed by atoms with Crippen LogP contribution in [0.3, 0.4) is 0 Å². The summed E-state index contributed by atoms with van der Waals surface area (Å²) in [5.74, 6) is 0.708. The summed E-state index contributed by atoms with van der Waals surface area (Å²) in [7, 11) is 1.86. The van der Waals surface area contributed by atoms with Gasteiger partial charge in [-0.15, -0.1) is 0 Å². The second-order valence-corrected chi connectivity index (χ2v) is 8.70. The van der Waals surface area contributed by atoms with Crippen molar-refractivity contribution in [3.8, 4) is 17.0 Å². The highest BCUT2D eigenvalue weighted by Crippen LogP contribution is 2.40. The molecule has 152 valence electrons. The van der Waals surface area contributed by atoms with Crippen LogP contribution in [0.25, 0.3) is 33.1 Å². The number of benzene rings is 1. The van der Waals surface area contributed by atoms with Crippen LogP contribution in [0.15, 0.2) is 41.5 Å². The van der Waals surface area contributed by atoms with E-state index in [1.54, 1.807) is 4.68 Å². The molecule has 3 aromatic heterocycles. The van der Waals surface area contributed by atoms with E-state index in [0.29, 0.717) is 34.1 Å². The van der Waals surface area contributed by atoms with Crippen molar-refractivity contribution in [2.75, 3.05) is 6.54 Å². The van der Waals surface area contributed by atoms with Gasteiger partial charge in [-0.1, -0.05) is 0 Å². The normalized spacial score (nSPS) is 23.1. The molecule has 1 aliphatic carbocycles. The van der Waals surface area contributed by atoms with E-state index in [1.807, 2.05) is 55.2 Å². The minimum atomic E-state index is 0.0206. The van der Waals surface area contributed by atoms with Gasteiger partial charge in [0.2, 0.25) is 0 Å². The fourth-order valence-corrected chi connectivity index (χ4v) is 5.34. The van der Waals surface area contributed by atoms with E-state index in [2.05, 4.69) is 10.4 Å². The zero-order chi connectivity index (χ0) is 20.6. The smallest absolute Gasteiger partial charge is 0.260 e. The van der Waals surface area contributed by atoms with Crippen molar-refractivity contribution in [3.63, 3.8) is 0 Å². The van der Waals surface area contributed by atoms with Crippen molar-refractivity contribution in [2.45, 2.75) is 31.8 Å². The molecule has 4 aromatic rings. The molecule has 7 nitrogen and oxygen atoms in total. The maximum atomic E-state index is 13.2. The van der Waals surface area contributed by atoms with Crippen LogP contribution < -0.4 is 10.9 Å². The number of fused-ring (bicyclic) bond motifs is 4. The van der Waals surface area contributed by atoms with Gasteiger partial charge in [-0.3, -0.25) is 9.48 Å². The topological polar surface area (TPSA) is 85.0 Å². The molecule has 1 saturated carbocycles. The number of hydrogen-bond acceptors (Lipinski definition) is 5. The van der Waals surface area contributed by atoms with Crippen LogP contribution in [0, 0.1) is 12.8 Å². The zero-order valence-corrected chi connectivity index (χ0v) is 17.0. The molecule has 2 bridgehead atoms. The van der Waals surface area contributed by atoms with Gasteiger partial charge in [0.15, 0.2) is 0 Å². The van der Waals surface area contributed by atoms with Gasteiger partial charge in [0.25, 0.3) is 5.56 Å². The number of phenolic OH excluding ortho intramolecular Hbond substituents is 1. The van der Waals surface area contributed by atoms with Crippen LogP contribution >= 0.6 is 0 Å². The lowest BCUT2D eigenvalue weighted by Gasteiger charge is -2.24. The summed E-state index contributed by atoms with van der Waals surface area (Å²) in [5.41, 5.74) is 3.48. The monoisotopic (exact) mass is 401 g/mol. The molecule has 0 amide bonds. The van der Waals surface area contributed by atoms with E-state index in [0.717, 1.165) is 35.9 Å². The predicted molar refractivity (Wildman–Crippen MR) is 116 cm³/mol. The maximum absolute atomic E-state index is 13.2. The minimum Gasteiger partial charge on any atom is -0.507 e. The van der Waals surface area contributed by atoms with Crippen molar-refractivity contribution >= 4 is 21.8 Å². The van der Waals surface area contributed by atoms with Crippen molar-refractivity contribution in [2.24, 2.45) is 13.0 Å². The van der Waals surface area contributed by atoms with Gasteiger partial charge in [-0.2, -0.15) is 5.10 Å². The summed E-state index contributed by atoms with van der Waals surface area (Å²) in [6.45, 7) is 2.85. The third-order valence-corrected chi connectivity index (χ3v) is 6.86. The average molecular weight is 401 g/mol. The number of nitrogens with zero attached hydrogens (tertiary/aromatic N) is 4. The number of phenols is 1. The number of rotatable bonds is 2. The van der Waals surface area contributed by atoms with Crippen molar-refractivity contribution in [1.29, 1.82) is 0 Å². The summed E-state index contributed by atoms with van der Waals surface area (Å²) < 4.78 is 3.64. The maximum Gasteiger partial charge on any atom is 0.260 e. The highest BCUT2D eigenvalue weighted by molar-refractivity contribution is 5.91. The Balaban J connectivity index is 1.47. The van der Waals surface area contributed by atoms with Crippen LogP contribution in [-0.4, -0.2) is 37.0 Å². The molecule has 7 heteroatoms. The van der Waals surface area contributed by atoms with Gasteiger partial charge >= 0.3 is 0 Å². The van der Waals surface area contributed by atoms with Crippen LogP contribution in [0.4, 0.5) is 0 Å². The first kappa shape index (κ1) is 17.7. The Morgan fingerprint density at radius 1 is 1.23 bits per heavy atom. The van der Waals surface area contributed by atoms with E-state index in [-0.39, 0.29) is 17.4 Å². The van der Waals surface area contributed by atoms with Crippen LogP contribution in [0.1, 0.15) is 24.4 Å². The van der Waals surface area contributed by atoms with E-state index in [4.69, 9.17) is 4.98 Å². The fraction of sp³-hybridized carbons (Fsp3) is 0.348. The predicted octanol–water partition coefficient (Wildman–Crippen LogP) is 2.89. The van der Waals surface area contributed by atoms with E-state index in [9.17, 15) is 9.90 Å². The van der Waals surface area contributed by atoms with Crippen LogP contribution in [0.2, 0.25) is 0 Å². The number of piperidine rings is 1. The lowest BCUT2D eigenvalue weighted by molar-refractivity contribution is 0.340. The van der Waals surface area contributed by atoms with Crippen LogP contribution in [-0.2, 0) is 7.05 Å². The summed E-state index contributed by atoms with van der Waals surface area (Å²) in [4.78, 5) is 17.9. The molecule has 2 fully saturated rings. The molecule has 2 N–H and O–H groups in total. The molecular formula is C23H23N5O2. The number of hydrogen-bond donors (Lipinski definition) is 2. The molecule has 3 atom stereocenters. The van der Waals surface area contributed by atoms with Gasteiger partial charge in [0.05, 0.1) is 22.1 Å². The summed E-state index contributed by atoms with van der Waals surface area (Å²) in [6, 6.07) is 8.30. The van der Waals surface area contributed by atoms with Gasteiger partial charge in [0, 0.05) is 54.6 Å². The number of pyridine rings is 2. The molecule has 30 heavy (non-hydrogen) atoms. The molecule has 1 aromatic carbocycles. The van der Waals surface area contributed by atoms with E-state index in [1.165, 1.54) is 0 Å². The average Bonchev–Trinajstić information content (AvgIpc) is 3.46. The summed E-state index contributed by atoms with van der Waals surface area (Å²) in [6.07, 6.45) is 5.99. The Morgan fingerprint density at radius 2 is 2.10 bits per heavy atom. The van der Waals surface area contributed by atoms with Crippen molar-refractivity contribution in [3.05, 3.63) is 52.6 Å². The largest absolute Gasteiger partial charge is 0.507 e. The first-order chi connectivity index (χ1) is 14.5. The van der Waals surface area contributed by atoms with Crippen molar-refractivity contribution in [1.82, 2.24) is 24.6 Å². The number of nitrogens with one attached hydrogen (secondary N) is 1. The van der Waals surface area contributed by atoms with Crippen LogP contribution in [0.5, 0.6) is 5.75 Å². The van der Waals surface area contributed by atoms with E-state index < -0.39 is 0 Å². The number of aromatic nitrogens is 4. The van der Waals surface area contributed by atoms with Gasteiger partial charge in [-0.25, -0.2) is 4.98 Å². The third kappa shape index (κ3) is 2.45. The second-order valence-electron chi connectivity index (χ2n) is 8.70. The standard InChI is InChI=1S/C23H23N5O2/c1-12-21-14(11-27(2)26-21)8-17(22(12)29)18-4-3-16-19(25-18)5-6-28(23(16)30)20-9-15-7-13(20)10-24-15/h3-6,8,11,13,15,20,24,29H,7,9-10H2,1-2H3/t13-,15-,20?/m0/s1. The molecule has 2 aliphatic rings. The van der Waals surface area contributed by atoms with E-state index >= 15 is 0 Å². The number of aromatic hydroxyl groups is 1. The molecule has 4 heterocycles. The Morgan fingerprint density at radius 3 is 2.87 bits per heavy atom. The highest BCUT2D eigenvalue weighted by atomic mass is 16.3. The fourth-order valence-electron chi connectivity index (χ4n) is 5.34. The molecular weight excluding hydrogens is 378 g/mol. The molecule has 6 rings (SSSR count). The van der Waals surface area contributed by atoms with Gasteiger partial charge < -0.3 is 15.0 Å². The summed E-state index contributed by atoms with van der Waals surface area (Å²) in [5, 5.41) is 20.3. The molecule has 0 spiro atoms. The lowest BCUT2D eigenvalue weighted by Crippen LogP contribution is -2.35. The molecule has 1 saturated heterocycles. The molecule has 0 radical (unpaired) electrons. The third-order valence-electron chi connectivity index (χ3n) is 6.86. The van der Waals surface area contributed by atoms with Gasteiger partial charge in [0.1, 0.15) is 5.75 Å². The summed E-state index contributed by atoms with van der Waals surface area (Å²) >= 11 is 0. The Bertz CT molecular complexity index is 1390. The molecule has 1 aliphatic heterocycles. The Hall–Kier alpha value is -3.19. The highest BCUT2D eigenvalue weighted by Gasteiger charge is 2.40. The van der Waals surface area contributed by atoms with Crippen molar-refractivity contribution < 1.29 is 5.11 Å². The minimum absolute atomic E-state index is 0.0206. The lowest BCUT2D eigenvalue weighted by atomic mass is 10.0. The second kappa shape index (κ2) is 6.15. The SMILES string of the molecule is Cc1c(O)c(-c2ccc3c(=O)n(C4C[C@@H]5C[C@H]4CN5)ccc3n2)cc2cn(C)nc12. The number of aryl methyl sites for hydroxylation is 2. The first-order valence-corrected chi connectivity index (χ1v) is 10.4. The Labute approximate surface area is 173 Å². The zero-order valence-electron chi connectivity index (χ0n) is 17.0. The molecule has 1 unspecified atom stereocenters.